The molecule has 0 radical (unpaired) electrons. The second-order valence-electron chi connectivity index (χ2n) is 6.27. The second-order valence-corrected chi connectivity index (χ2v) is 6.27. The van der Waals surface area contributed by atoms with Crippen molar-refractivity contribution in [2.45, 2.75) is 13.0 Å². The molecule has 1 aliphatic rings. The van der Waals surface area contributed by atoms with Gasteiger partial charge in [-0.2, -0.15) is 0 Å². The first-order valence-electron chi connectivity index (χ1n) is 8.71. The van der Waals surface area contributed by atoms with Crippen molar-refractivity contribution >= 4 is 23.0 Å². The minimum Gasteiger partial charge on any atom is -0.460 e. The maximum Gasteiger partial charge on any atom is 0.338 e. The van der Waals surface area contributed by atoms with E-state index in [9.17, 15) is 4.79 Å². The summed E-state index contributed by atoms with van der Waals surface area (Å²) in [5.41, 5.74) is 4.02. The fourth-order valence-corrected chi connectivity index (χ4v) is 3.38. The highest BCUT2D eigenvalue weighted by Crippen LogP contribution is 2.39. The van der Waals surface area contributed by atoms with E-state index >= 15 is 0 Å². The van der Waals surface area contributed by atoms with Crippen LogP contribution in [0.2, 0.25) is 0 Å². The lowest BCUT2D eigenvalue weighted by Crippen LogP contribution is -2.29. The Bertz CT molecular complexity index is 1010. The molecule has 0 aliphatic carbocycles. The molecule has 7 nitrogen and oxygen atoms in total. The first kappa shape index (κ1) is 17.2. The highest BCUT2D eigenvalue weighted by molar-refractivity contribution is 5.94. The number of allylic oxidation sites excluding steroid dienone is 1. The number of methoxy groups -OCH3 is 1. The van der Waals surface area contributed by atoms with Gasteiger partial charge in [0.15, 0.2) is 0 Å². The smallest absolute Gasteiger partial charge is 0.338 e. The minimum absolute atomic E-state index is 0.201. The number of benzene rings is 1. The first-order chi connectivity index (χ1) is 13.2. The molecule has 0 bridgehead atoms. The monoisotopic (exact) mass is 364 g/mol. The number of carbonyl (C=O) groups excluding carboxylic acids is 1. The number of fused-ring (bicyclic) bond motifs is 3. The van der Waals surface area contributed by atoms with E-state index in [2.05, 4.69) is 15.3 Å². The Labute approximate surface area is 156 Å². The van der Waals surface area contributed by atoms with Gasteiger partial charge >= 0.3 is 5.97 Å². The molecular weight excluding hydrogens is 344 g/mol. The third-order valence-corrected chi connectivity index (χ3v) is 4.59. The molecule has 4 rings (SSSR count). The van der Waals surface area contributed by atoms with Gasteiger partial charge in [-0.1, -0.05) is 12.1 Å². The normalized spacial score (nSPS) is 16.1. The number of aromatic nitrogens is 3. The SMILES string of the molecule is COCCOC(=O)C1=C(C)Nc2nc3ccccc3n2[C@@H]1c1ccncc1. The van der Waals surface area contributed by atoms with Crippen LogP contribution in [0.3, 0.4) is 0 Å². The van der Waals surface area contributed by atoms with Gasteiger partial charge in [0.1, 0.15) is 6.61 Å². The van der Waals surface area contributed by atoms with Gasteiger partial charge < -0.3 is 14.8 Å². The number of nitrogens with zero attached hydrogens (tertiary/aromatic N) is 3. The van der Waals surface area contributed by atoms with E-state index in [1.54, 1.807) is 19.5 Å². The number of nitrogens with one attached hydrogen (secondary N) is 1. The zero-order chi connectivity index (χ0) is 18.8. The molecule has 3 heterocycles. The molecular formula is C20H20N4O3. The largest absolute Gasteiger partial charge is 0.460 e. The molecule has 138 valence electrons. The van der Waals surface area contributed by atoms with Crippen LogP contribution in [0.1, 0.15) is 18.5 Å². The molecule has 0 amide bonds. The molecule has 1 atom stereocenters. The summed E-state index contributed by atoms with van der Waals surface area (Å²) in [7, 11) is 1.57. The third kappa shape index (κ3) is 3.06. The fraction of sp³-hybridized carbons (Fsp3) is 0.250. The second kappa shape index (κ2) is 7.20. The zero-order valence-electron chi connectivity index (χ0n) is 15.2. The van der Waals surface area contributed by atoms with E-state index in [0.717, 1.165) is 22.3 Å². The Balaban J connectivity index is 1.86. The maximum atomic E-state index is 12.9. The van der Waals surface area contributed by atoms with Crippen molar-refractivity contribution in [1.82, 2.24) is 14.5 Å². The molecule has 27 heavy (non-hydrogen) atoms. The summed E-state index contributed by atoms with van der Waals surface area (Å²) in [5.74, 6) is 0.325. The summed E-state index contributed by atoms with van der Waals surface area (Å²) < 4.78 is 12.5. The predicted octanol–water partition coefficient (Wildman–Crippen LogP) is 2.91. The van der Waals surface area contributed by atoms with Crippen LogP contribution < -0.4 is 5.32 Å². The number of para-hydroxylation sites is 2. The Hall–Kier alpha value is -3.19. The molecule has 0 spiro atoms. The molecule has 1 aliphatic heterocycles. The molecule has 0 saturated carbocycles. The summed E-state index contributed by atoms with van der Waals surface area (Å²) in [6, 6.07) is 11.3. The number of hydrogen-bond donors (Lipinski definition) is 1. The van der Waals surface area contributed by atoms with Gasteiger partial charge in [0.2, 0.25) is 5.95 Å². The summed E-state index contributed by atoms with van der Waals surface area (Å²) in [5, 5.41) is 3.25. The van der Waals surface area contributed by atoms with Crippen LogP contribution in [-0.4, -0.2) is 40.8 Å². The summed E-state index contributed by atoms with van der Waals surface area (Å²) in [4.78, 5) is 21.7. The number of anilines is 1. The number of imidazole rings is 1. The van der Waals surface area contributed by atoms with Gasteiger partial charge in [0.05, 0.1) is 29.3 Å². The molecule has 7 heteroatoms. The number of hydrogen-bond acceptors (Lipinski definition) is 6. The summed E-state index contributed by atoms with van der Waals surface area (Å²) in [6.45, 7) is 2.42. The molecule has 0 fully saturated rings. The topological polar surface area (TPSA) is 78.3 Å². The third-order valence-electron chi connectivity index (χ3n) is 4.59. The summed E-state index contributed by atoms with van der Waals surface area (Å²) >= 11 is 0. The Morgan fingerprint density at radius 1 is 1.19 bits per heavy atom. The van der Waals surface area contributed by atoms with Gasteiger partial charge in [-0.05, 0) is 36.8 Å². The van der Waals surface area contributed by atoms with E-state index in [1.807, 2.05) is 47.9 Å². The number of ether oxygens (including phenoxy) is 2. The zero-order valence-corrected chi connectivity index (χ0v) is 15.2. The van der Waals surface area contributed by atoms with Gasteiger partial charge in [-0.25, -0.2) is 9.78 Å². The number of carbonyl (C=O) groups is 1. The lowest BCUT2D eigenvalue weighted by Gasteiger charge is -2.30. The van der Waals surface area contributed by atoms with Crippen molar-refractivity contribution in [3.05, 3.63) is 65.6 Å². The van der Waals surface area contributed by atoms with Crippen molar-refractivity contribution in [2.75, 3.05) is 25.6 Å². The van der Waals surface area contributed by atoms with Gasteiger partial charge in [0.25, 0.3) is 0 Å². The fourth-order valence-electron chi connectivity index (χ4n) is 3.38. The van der Waals surface area contributed by atoms with E-state index in [1.165, 1.54) is 0 Å². The highest BCUT2D eigenvalue weighted by atomic mass is 16.6. The Morgan fingerprint density at radius 3 is 2.74 bits per heavy atom. The van der Waals surface area contributed by atoms with Crippen molar-refractivity contribution < 1.29 is 14.3 Å². The average molecular weight is 364 g/mol. The molecule has 1 aromatic carbocycles. The van der Waals surface area contributed by atoms with Crippen LogP contribution >= 0.6 is 0 Å². The van der Waals surface area contributed by atoms with Crippen molar-refractivity contribution in [3.8, 4) is 0 Å². The minimum atomic E-state index is -0.373. The number of pyridine rings is 1. The first-order valence-corrected chi connectivity index (χ1v) is 8.71. The number of rotatable bonds is 5. The molecule has 0 unspecified atom stereocenters. The molecule has 0 saturated heterocycles. The maximum absolute atomic E-state index is 12.9. The van der Waals surface area contributed by atoms with Crippen molar-refractivity contribution in [2.24, 2.45) is 0 Å². The van der Waals surface area contributed by atoms with Crippen LogP contribution in [0.15, 0.2) is 60.1 Å². The predicted molar refractivity (Wildman–Crippen MR) is 101 cm³/mol. The van der Waals surface area contributed by atoms with Crippen LogP contribution in [0.4, 0.5) is 5.95 Å². The van der Waals surface area contributed by atoms with Crippen molar-refractivity contribution in [3.63, 3.8) is 0 Å². The van der Waals surface area contributed by atoms with Crippen LogP contribution in [0.25, 0.3) is 11.0 Å². The quantitative estimate of drug-likeness (QED) is 0.554. The van der Waals surface area contributed by atoms with Gasteiger partial charge in [-0.3, -0.25) is 9.55 Å². The standard InChI is InChI=1S/C20H20N4O3/c1-13-17(19(25)27-12-11-26-2)18(14-7-9-21-10-8-14)24-16-6-4-3-5-15(16)23-20(24)22-13/h3-10,18H,11-12H2,1-2H3,(H,22,23)/t18-/m1/s1. The van der Waals surface area contributed by atoms with E-state index in [-0.39, 0.29) is 18.6 Å². The molecule has 2 aromatic heterocycles. The van der Waals surface area contributed by atoms with Crippen LogP contribution in [0, 0.1) is 0 Å². The lowest BCUT2D eigenvalue weighted by molar-refractivity contribution is -0.140. The lowest BCUT2D eigenvalue weighted by atomic mass is 9.96. The van der Waals surface area contributed by atoms with Crippen LogP contribution in [0.5, 0.6) is 0 Å². The Kier molecular flexibility index (Phi) is 4.60. The van der Waals surface area contributed by atoms with E-state index in [4.69, 9.17) is 9.47 Å². The van der Waals surface area contributed by atoms with Crippen molar-refractivity contribution in [1.29, 1.82) is 0 Å². The average Bonchev–Trinajstić information content (AvgIpc) is 3.05. The Morgan fingerprint density at radius 2 is 1.96 bits per heavy atom. The molecule has 1 N–H and O–H groups in total. The van der Waals surface area contributed by atoms with Gasteiger partial charge in [0, 0.05) is 25.2 Å². The summed E-state index contributed by atoms with van der Waals surface area (Å²) in [6.07, 6.45) is 3.44. The van der Waals surface area contributed by atoms with Crippen LogP contribution in [-0.2, 0) is 14.3 Å². The van der Waals surface area contributed by atoms with E-state index in [0.29, 0.717) is 18.1 Å². The number of esters is 1. The van der Waals surface area contributed by atoms with E-state index < -0.39 is 0 Å². The molecule has 3 aromatic rings. The highest BCUT2D eigenvalue weighted by Gasteiger charge is 2.34. The van der Waals surface area contributed by atoms with Gasteiger partial charge in [-0.15, -0.1) is 0 Å².